The van der Waals surface area contributed by atoms with E-state index >= 15 is 0 Å². The molecule has 5 aromatic carbocycles. The smallest absolute Gasteiger partial charge is 0.185 e. The molecule has 0 bridgehead atoms. The van der Waals surface area contributed by atoms with Crippen LogP contribution in [-0.4, -0.2) is 52.9 Å². The third kappa shape index (κ3) is 5.18. The van der Waals surface area contributed by atoms with Gasteiger partial charge < -0.3 is 47.7 Å². The van der Waals surface area contributed by atoms with Crippen LogP contribution in [0.25, 0.3) is 0 Å². The minimum absolute atomic E-state index is 0.410. The van der Waals surface area contributed by atoms with Crippen molar-refractivity contribution in [1.29, 1.82) is 0 Å². The summed E-state index contributed by atoms with van der Waals surface area (Å²) in [5.41, 5.74) is 5.24. The fraction of sp³-hybridized carbons (Fsp3) is 0.231. The van der Waals surface area contributed by atoms with E-state index in [-0.39, 0.29) is 0 Å². The summed E-state index contributed by atoms with van der Waals surface area (Å²) < 4.78 is 49.3. The Morgan fingerprint density at radius 3 is 0.980 bits per heavy atom. The lowest BCUT2D eigenvalue weighted by Crippen LogP contribution is -2.23. The molecule has 10 nitrogen and oxygen atoms in total. The van der Waals surface area contributed by atoms with Gasteiger partial charge in [0.25, 0.3) is 0 Å². The zero-order chi connectivity index (χ0) is 33.6. The molecule has 0 fully saturated rings. The summed E-state index contributed by atoms with van der Waals surface area (Å²) in [6.45, 7) is 5.51. The molecule has 0 aromatic heterocycles. The summed E-state index contributed by atoms with van der Waals surface area (Å²) in [6.07, 6.45) is 0. The second-order valence-electron chi connectivity index (χ2n) is 12.0. The predicted octanol–water partition coefficient (Wildman–Crippen LogP) is 8.67. The molecule has 0 atom stereocenters. The topological polar surface area (TPSA) is 80.3 Å². The van der Waals surface area contributed by atoms with Crippen molar-refractivity contribution in [2.24, 2.45) is 0 Å². The summed E-state index contributed by atoms with van der Waals surface area (Å²) in [6, 6.07) is 27.5. The molecule has 0 saturated carbocycles. The van der Waals surface area contributed by atoms with Crippen molar-refractivity contribution in [2.75, 3.05) is 62.7 Å². The molecule has 11 heteroatoms. The maximum atomic E-state index is 7.73. The van der Waals surface area contributed by atoms with Gasteiger partial charge in [0.05, 0.1) is 39.1 Å². The number of ether oxygens (including phenoxy) is 8. The van der Waals surface area contributed by atoms with Crippen molar-refractivity contribution >= 4 is 45.7 Å². The van der Waals surface area contributed by atoms with Crippen LogP contribution in [-0.2, 0) is 0 Å². The number of hydrogen-bond donors (Lipinski definition) is 0. The highest BCUT2D eigenvalue weighted by Gasteiger charge is 2.33. The van der Waals surface area contributed by atoms with E-state index in [1.807, 2.05) is 79.7 Å². The SMILES string of the molecule is Cc1cc(N(c2cccc3c2OCCO3)c2cccc3c2OCCO3)c(Cl)c(N(c2cccc3c2OCCO3)c2cccc3c2OCCO3)c1. The molecule has 0 saturated heterocycles. The van der Waals surface area contributed by atoms with Crippen molar-refractivity contribution in [3.63, 3.8) is 0 Å². The van der Waals surface area contributed by atoms with Gasteiger partial charge in [-0.25, -0.2) is 0 Å². The molecule has 4 heterocycles. The van der Waals surface area contributed by atoms with E-state index in [4.69, 9.17) is 49.5 Å². The summed E-state index contributed by atoms with van der Waals surface area (Å²) in [4.78, 5) is 4.11. The van der Waals surface area contributed by atoms with Gasteiger partial charge in [0.15, 0.2) is 46.0 Å². The normalized spacial score (nSPS) is 15.2. The van der Waals surface area contributed by atoms with Crippen LogP contribution in [0.1, 0.15) is 5.56 Å². The van der Waals surface area contributed by atoms with E-state index in [9.17, 15) is 0 Å². The van der Waals surface area contributed by atoms with E-state index in [1.165, 1.54) is 0 Å². The Kier molecular flexibility index (Phi) is 7.73. The number of rotatable bonds is 6. The lowest BCUT2D eigenvalue weighted by molar-refractivity contribution is 0.171. The number of halogens is 1. The van der Waals surface area contributed by atoms with Crippen molar-refractivity contribution < 1.29 is 37.9 Å². The van der Waals surface area contributed by atoms with Crippen molar-refractivity contribution in [3.05, 3.63) is 95.5 Å². The first-order chi connectivity index (χ1) is 24.7. The Morgan fingerprint density at radius 1 is 0.400 bits per heavy atom. The van der Waals surface area contributed by atoms with Crippen LogP contribution in [0.3, 0.4) is 0 Å². The maximum absolute atomic E-state index is 7.73. The van der Waals surface area contributed by atoms with Gasteiger partial charge in [-0.3, -0.25) is 0 Å². The van der Waals surface area contributed by atoms with Gasteiger partial charge in [0.2, 0.25) is 0 Å². The minimum Gasteiger partial charge on any atom is -0.486 e. The van der Waals surface area contributed by atoms with Crippen LogP contribution in [0.4, 0.5) is 34.1 Å². The average Bonchev–Trinajstić information content (AvgIpc) is 3.17. The third-order valence-electron chi connectivity index (χ3n) is 8.81. The molecule has 0 amide bonds. The minimum atomic E-state index is 0.410. The van der Waals surface area contributed by atoms with Crippen molar-refractivity contribution in [1.82, 2.24) is 0 Å². The second kappa shape index (κ2) is 12.7. The molecule has 0 spiro atoms. The molecule has 4 aliphatic rings. The van der Waals surface area contributed by atoms with E-state index in [1.54, 1.807) is 0 Å². The quantitative estimate of drug-likeness (QED) is 0.172. The van der Waals surface area contributed by atoms with E-state index in [0.29, 0.717) is 115 Å². The number of aryl methyl sites for hydroxylation is 1. The number of para-hydroxylation sites is 4. The van der Waals surface area contributed by atoms with Crippen LogP contribution in [0.2, 0.25) is 5.02 Å². The molecule has 254 valence electrons. The summed E-state index contributed by atoms with van der Waals surface area (Å²) in [5, 5.41) is 0.447. The van der Waals surface area contributed by atoms with Crippen LogP contribution < -0.4 is 47.7 Å². The Bertz CT molecular complexity index is 1840. The first-order valence-corrected chi connectivity index (χ1v) is 17.0. The first-order valence-electron chi connectivity index (χ1n) is 16.6. The summed E-state index contributed by atoms with van der Waals surface area (Å²) >= 11 is 7.73. The number of benzene rings is 5. The third-order valence-corrected chi connectivity index (χ3v) is 9.19. The molecule has 4 aliphatic heterocycles. The molecule has 0 radical (unpaired) electrons. The molecule has 0 unspecified atom stereocenters. The lowest BCUT2D eigenvalue weighted by Gasteiger charge is -2.35. The monoisotopic (exact) mass is 692 g/mol. The van der Waals surface area contributed by atoms with Gasteiger partial charge in [-0.05, 0) is 73.2 Å². The van der Waals surface area contributed by atoms with E-state index in [0.717, 1.165) is 28.3 Å². The van der Waals surface area contributed by atoms with Gasteiger partial charge in [0.1, 0.15) is 52.9 Å². The van der Waals surface area contributed by atoms with Gasteiger partial charge >= 0.3 is 0 Å². The van der Waals surface area contributed by atoms with Crippen LogP contribution >= 0.6 is 11.6 Å². The maximum Gasteiger partial charge on any atom is 0.185 e. The highest BCUT2D eigenvalue weighted by atomic mass is 35.5. The molecular formula is C39H33ClN2O8. The molecule has 0 aliphatic carbocycles. The second-order valence-corrected chi connectivity index (χ2v) is 12.4. The number of anilines is 6. The highest BCUT2D eigenvalue weighted by molar-refractivity contribution is 6.37. The summed E-state index contributed by atoms with van der Waals surface area (Å²) in [7, 11) is 0. The zero-order valence-electron chi connectivity index (χ0n) is 27.3. The molecule has 50 heavy (non-hydrogen) atoms. The lowest BCUT2D eigenvalue weighted by atomic mass is 10.1. The fourth-order valence-corrected chi connectivity index (χ4v) is 7.05. The Balaban J connectivity index is 1.31. The standard InChI is InChI=1S/C39H33ClN2O8/c1-24-22-29(41(25-6-2-10-31-36(25)47-18-14-43-31)26-7-3-11-32-37(26)48-19-15-44-32)35(40)30(23-24)42(27-8-4-12-33-38(27)49-20-16-45-33)28-9-5-13-34-39(28)50-21-17-46-34/h2-13,22-23H,14-21H2,1H3. The van der Waals surface area contributed by atoms with Crippen LogP contribution in [0.5, 0.6) is 46.0 Å². The number of nitrogens with zero attached hydrogens (tertiary/aromatic N) is 2. The highest BCUT2D eigenvalue weighted by Crippen LogP contribution is 2.57. The number of hydrogen-bond acceptors (Lipinski definition) is 10. The molecule has 9 rings (SSSR count). The van der Waals surface area contributed by atoms with E-state index < -0.39 is 0 Å². The molecule has 5 aromatic rings. The largest absolute Gasteiger partial charge is 0.486 e. The van der Waals surface area contributed by atoms with Gasteiger partial charge in [-0.1, -0.05) is 35.9 Å². The first kappa shape index (κ1) is 30.4. The van der Waals surface area contributed by atoms with Gasteiger partial charge in [-0.2, -0.15) is 0 Å². The zero-order valence-corrected chi connectivity index (χ0v) is 28.0. The van der Waals surface area contributed by atoms with Crippen LogP contribution in [0, 0.1) is 6.92 Å². The van der Waals surface area contributed by atoms with Crippen molar-refractivity contribution in [3.8, 4) is 46.0 Å². The van der Waals surface area contributed by atoms with Gasteiger partial charge in [-0.15, -0.1) is 0 Å². The average molecular weight is 693 g/mol. The van der Waals surface area contributed by atoms with E-state index in [2.05, 4.69) is 21.9 Å². The Hall–Kier alpha value is -5.61. The van der Waals surface area contributed by atoms with Crippen molar-refractivity contribution in [2.45, 2.75) is 6.92 Å². The molecule has 0 N–H and O–H groups in total. The number of fused-ring (bicyclic) bond motifs is 4. The Morgan fingerprint density at radius 2 is 0.680 bits per heavy atom. The predicted molar refractivity (Wildman–Crippen MR) is 190 cm³/mol. The summed E-state index contributed by atoms with van der Waals surface area (Å²) in [5.74, 6) is 5.01. The van der Waals surface area contributed by atoms with Crippen LogP contribution in [0.15, 0.2) is 84.9 Å². The van der Waals surface area contributed by atoms with Gasteiger partial charge in [0, 0.05) is 0 Å². The Labute approximate surface area is 294 Å². The molecular weight excluding hydrogens is 660 g/mol. The fourth-order valence-electron chi connectivity index (χ4n) is 6.77.